The third kappa shape index (κ3) is 1.59. The van der Waals surface area contributed by atoms with Crippen LogP contribution in [0.15, 0.2) is 24.3 Å². The highest BCUT2D eigenvalue weighted by atomic mass is 15.3. The number of hydrogen-bond acceptors (Lipinski definition) is 3. The molecule has 0 fully saturated rings. The maximum absolute atomic E-state index is 8.67. The Bertz CT molecular complexity index is 517. The van der Waals surface area contributed by atoms with Gasteiger partial charge in [-0.3, -0.25) is 0 Å². The van der Waals surface area contributed by atoms with Crippen LogP contribution in [0, 0.1) is 18.3 Å². The third-order valence-corrected chi connectivity index (χ3v) is 2.36. The Morgan fingerprint density at radius 2 is 1.87 bits per heavy atom. The summed E-state index contributed by atoms with van der Waals surface area (Å²) in [5.41, 5.74) is 1.62. The lowest BCUT2D eigenvalue weighted by molar-refractivity contribution is 0.865. The Hall–Kier alpha value is -2.15. The summed E-state index contributed by atoms with van der Waals surface area (Å²) < 4.78 is 1.92. The van der Waals surface area contributed by atoms with Gasteiger partial charge in [0.25, 0.3) is 0 Å². The molecular formula is C11H10N4. The summed E-state index contributed by atoms with van der Waals surface area (Å²) >= 11 is 0. The van der Waals surface area contributed by atoms with Gasteiger partial charge in [0.1, 0.15) is 5.82 Å². The van der Waals surface area contributed by atoms with E-state index in [1.807, 2.05) is 30.7 Å². The van der Waals surface area contributed by atoms with Crippen LogP contribution in [0.1, 0.15) is 11.4 Å². The fraction of sp³-hybridized carbons (Fsp3) is 0.182. The molecule has 1 heterocycles. The van der Waals surface area contributed by atoms with Gasteiger partial charge >= 0.3 is 0 Å². The van der Waals surface area contributed by atoms with E-state index >= 15 is 0 Å². The molecule has 0 aliphatic carbocycles. The summed E-state index contributed by atoms with van der Waals surface area (Å²) in [6.45, 7) is 1.90. The van der Waals surface area contributed by atoms with Crippen molar-refractivity contribution in [1.29, 1.82) is 5.26 Å². The fourth-order valence-corrected chi connectivity index (χ4v) is 1.35. The first-order valence-corrected chi connectivity index (χ1v) is 4.59. The van der Waals surface area contributed by atoms with Crippen LogP contribution in [0.5, 0.6) is 0 Å². The zero-order valence-corrected chi connectivity index (χ0v) is 8.60. The van der Waals surface area contributed by atoms with Crippen LogP contribution in [0.2, 0.25) is 0 Å². The summed E-state index contributed by atoms with van der Waals surface area (Å²) in [5, 5.41) is 16.7. The molecule has 15 heavy (non-hydrogen) atoms. The van der Waals surface area contributed by atoms with Crippen molar-refractivity contribution in [2.75, 3.05) is 0 Å². The van der Waals surface area contributed by atoms with Crippen molar-refractivity contribution in [3.63, 3.8) is 0 Å². The van der Waals surface area contributed by atoms with Gasteiger partial charge in [0.15, 0.2) is 5.82 Å². The molecule has 1 aromatic carbocycles. The third-order valence-electron chi connectivity index (χ3n) is 2.36. The number of aryl methyl sites for hydroxylation is 1. The number of nitriles is 1. The molecule has 0 saturated carbocycles. The van der Waals surface area contributed by atoms with Crippen molar-refractivity contribution in [3.05, 3.63) is 35.7 Å². The standard InChI is InChI=1S/C11H10N4/c1-8-13-14-11(15(8)2)10-5-3-9(7-12)4-6-10/h3-6H,1-2H3. The minimum atomic E-state index is 0.651. The van der Waals surface area contributed by atoms with E-state index in [0.717, 1.165) is 17.2 Å². The normalized spacial score (nSPS) is 9.93. The predicted molar refractivity (Wildman–Crippen MR) is 55.9 cm³/mol. The molecule has 0 bridgehead atoms. The van der Waals surface area contributed by atoms with Gasteiger partial charge in [0, 0.05) is 12.6 Å². The van der Waals surface area contributed by atoms with Crippen LogP contribution in [0.25, 0.3) is 11.4 Å². The summed E-state index contributed by atoms with van der Waals surface area (Å²) in [5.74, 6) is 1.69. The Morgan fingerprint density at radius 3 is 2.33 bits per heavy atom. The van der Waals surface area contributed by atoms with Gasteiger partial charge in [0.05, 0.1) is 11.6 Å². The maximum Gasteiger partial charge on any atom is 0.163 e. The first kappa shape index (κ1) is 9.41. The molecular weight excluding hydrogens is 188 g/mol. The zero-order chi connectivity index (χ0) is 10.8. The number of aromatic nitrogens is 3. The van der Waals surface area contributed by atoms with E-state index in [2.05, 4.69) is 16.3 Å². The molecule has 74 valence electrons. The molecule has 0 saturated heterocycles. The van der Waals surface area contributed by atoms with Crippen molar-refractivity contribution >= 4 is 0 Å². The minimum absolute atomic E-state index is 0.651. The number of benzene rings is 1. The number of rotatable bonds is 1. The molecule has 0 radical (unpaired) electrons. The monoisotopic (exact) mass is 198 g/mol. The van der Waals surface area contributed by atoms with E-state index in [9.17, 15) is 0 Å². The Morgan fingerprint density at radius 1 is 1.20 bits per heavy atom. The summed E-state index contributed by atoms with van der Waals surface area (Å²) in [7, 11) is 1.92. The first-order chi connectivity index (χ1) is 7.22. The van der Waals surface area contributed by atoms with Gasteiger partial charge in [-0.2, -0.15) is 5.26 Å². The van der Waals surface area contributed by atoms with Gasteiger partial charge in [-0.15, -0.1) is 10.2 Å². The second-order valence-corrected chi connectivity index (χ2v) is 3.32. The molecule has 0 aliphatic heterocycles. The van der Waals surface area contributed by atoms with Crippen LogP contribution in [0.3, 0.4) is 0 Å². The van der Waals surface area contributed by atoms with E-state index in [-0.39, 0.29) is 0 Å². The van der Waals surface area contributed by atoms with E-state index in [0.29, 0.717) is 5.56 Å². The molecule has 0 unspecified atom stereocenters. The summed E-state index contributed by atoms with van der Waals surface area (Å²) in [6, 6.07) is 9.39. The summed E-state index contributed by atoms with van der Waals surface area (Å²) in [6.07, 6.45) is 0. The zero-order valence-electron chi connectivity index (χ0n) is 8.60. The number of hydrogen-bond donors (Lipinski definition) is 0. The smallest absolute Gasteiger partial charge is 0.163 e. The average Bonchev–Trinajstić information content (AvgIpc) is 2.60. The molecule has 0 atom stereocenters. The van der Waals surface area contributed by atoms with Crippen LogP contribution < -0.4 is 0 Å². The quantitative estimate of drug-likeness (QED) is 0.700. The topological polar surface area (TPSA) is 54.5 Å². The predicted octanol–water partition coefficient (Wildman–Crippen LogP) is 1.66. The van der Waals surface area contributed by atoms with Crippen molar-refractivity contribution < 1.29 is 0 Å². The molecule has 4 nitrogen and oxygen atoms in total. The van der Waals surface area contributed by atoms with Gasteiger partial charge in [-0.25, -0.2) is 0 Å². The minimum Gasteiger partial charge on any atom is -0.314 e. The Kier molecular flexibility index (Phi) is 2.22. The van der Waals surface area contributed by atoms with Crippen molar-refractivity contribution in [2.45, 2.75) is 6.92 Å². The Balaban J connectivity index is 2.47. The highest BCUT2D eigenvalue weighted by Crippen LogP contribution is 2.17. The van der Waals surface area contributed by atoms with Gasteiger partial charge in [-0.05, 0) is 31.2 Å². The second-order valence-electron chi connectivity index (χ2n) is 3.32. The van der Waals surface area contributed by atoms with E-state index in [4.69, 9.17) is 5.26 Å². The van der Waals surface area contributed by atoms with E-state index in [1.165, 1.54) is 0 Å². The van der Waals surface area contributed by atoms with Crippen LogP contribution in [-0.2, 0) is 7.05 Å². The highest BCUT2D eigenvalue weighted by molar-refractivity contribution is 5.56. The molecule has 2 aromatic rings. The average molecular weight is 198 g/mol. The number of nitrogens with zero attached hydrogens (tertiary/aromatic N) is 4. The highest BCUT2D eigenvalue weighted by Gasteiger charge is 2.06. The lowest BCUT2D eigenvalue weighted by atomic mass is 10.1. The molecule has 2 rings (SSSR count). The van der Waals surface area contributed by atoms with Gasteiger partial charge in [0.2, 0.25) is 0 Å². The first-order valence-electron chi connectivity index (χ1n) is 4.59. The van der Waals surface area contributed by atoms with Crippen LogP contribution in [0.4, 0.5) is 0 Å². The molecule has 0 aliphatic rings. The SMILES string of the molecule is Cc1nnc(-c2ccc(C#N)cc2)n1C. The lowest BCUT2D eigenvalue weighted by Gasteiger charge is -2.00. The van der Waals surface area contributed by atoms with Gasteiger partial charge in [-0.1, -0.05) is 0 Å². The summed E-state index contributed by atoms with van der Waals surface area (Å²) in [4.78, 5) is 0. The Labute approximate surface area is 87.8 Å². The van der Waals surface area contributed by atoms with Crippen LogP contribution >= 0.6 is 0 Å². The second kappa shape index (κ2) is 3.54. The van der Waals surface area contributed by atoms with Crippen molar-refractivity contribution in [2.24, 2.45) is 7.05 Å². The molecule has 0 N–H and O–H groups in total. The molecule has 1 aromatic heterocycles. The van der Waals surface area contributed by atoms with Crippen molar-refractivity contribution in [1.82, 2.24) is 14.8 Å². The van der Waals surface area contributed by atoms with E-state index < -0.39 is 0 Å². The largest absolute Gasteiger partial charge is 0.314 e. The maximum atomic E-state index is 8.67. The fourth-order valence-electron chi connectivity index (χ4n) is 1.35. The van der Waals surface area contributed by atoms with E-state index in [1.54, 1.807) is 12.1 Å². The van der Waals surface area contributed by atoms with Crippen LogP contribution in [-0.4, -0.2) is 14.8 Å². The van der Waals surface area contributed by atoms with Gasteiger partial charge < -0.3 is 4.57 Å². The molecule has 0 amide bonds. The molecule has 0 spiro atoms. The van der Waals surface area contributed by atoms with Crippen molar-refractivity contribution in [3.8, 4) is 17.5 Å². The molecule has 4 heteroatoms. The lowest BCUT2D eigenvalue weighted by Crippen LogP contribution is -1.94.